The smallest absolute Gasteiger partial charge is 0.352 e. The predicted molar refractivity (Wildman–Crippen MR) is 110 cm³/mol. The van der Waals surface area contributed by atoms with Crippen LogP contribution in [0.2, 0.25) is 0 Å². The van der Waals surface area contributed by atoms with Crippen molar-refractivity contribution >= 4 is 23.4 Å². The molecule has 2 aromatic carbocycles. The van der Waals surface area contributed by atoms with Gasteiger partial charge >= 0.3 is 5.97 Å². The highest BCUT2D eigenvalue weighted by molar-refractivity contribution is 6.08. The normalized spacial score (nSPS) is 15.0. The molecule has 0 fully saturated rings. The van der Waals surface area contributed by atoms with Crippen molar-refractivity contribution in [3.8, 4) is 0 Å². The number of halogens is 1. The number of rotatable bonds is 5. The summed E-state index contributed by atoms with van der Waals surface area (Å²) < 4.78 is 15.8. The van der Waals surface area contributed by atoms with Crippen LogP contribution in [-0.2, 0) is 11.2 Å². The lowest BCUT2D eigenvalue weighted by Gasteiger charge is -2.24. The van der Waals surface area contributed by atoms with E-state index in [1.165, 1.54) is 23.0 Å². The van der Waals surface area contributed by atoms with E-state index in [1.807, 2.05) is 19.1 Å². The van der Waals surface area contributed by atoms with Gasteiger partial charge in [-0.3, -0.25) is 4.79 Å². The molecule has 30 heavy (non-hydrogen) atoms. The molecule has 0 saturated heterocycles. The number of hydrogen-bond donors (Lipinski definition) is 3. The first-order valence-corrected chi connectivity index (χ1v) is 9.42. The Morgan fingerprint density at radius 3 is 2.60 bits per heavy atom. The molecule has 4 rings (SSSR count). The lowest BCUT2D eigenvalue weighted by molar-refractivity contribution is -0.132. The number of benzene rings is 2. The average molecular weight is 406 g/mol. The summed E-state index contributed by atoms with van der Waals surface area (Å²) in [6.45, 7) is 2.04. The second kappa shape index (κ2) is 7.82. The quantitative estimate of drug-likeness (QED) is 0.599. The Morgan fingerprint density at radius 1 is 1.20 bits per heavy atom. The van der Waals surface area contributed by atoms with Crippen LogP contribution in [0.15, 0.2) is 66.5 Å². The highest BCUT2D eigenvalue weighted by atomic mass is 19.1. The maximum absolute atomic E-state index is 14.4. The van der Waals surface area contributed by atoms with E-state index < -0.39 is 23.7 Å². The molecule has 0 aliphatic carbocycles. The Balaban J connectivity index is 1.70. The van der Waals surface area contributed by atoms with E-state index in [2.05, 4.69) is 15.7 Å². The van der Waals surface area contributed by atoms with Crippen molar-refractivity contribution in [1.29, 1.82) is 0 Å². The van der Waals surface area contributed by atoms with Gasteiger partial charge in [0.1, 0.15) is 28.9 Å². The number of fused-ring (bicyclic) bond motifs is 1. The zero-order valence-electron chi connectivity index (χ0n) is 16.1. The zero-order chi connectivity index (χ0) is 21.3. The van der Waals surface area contributed by atoms with E-state index in [-0.39, 0.29) is 22.6 Å². The minimum atomic E-state index is -1.22. The SMILES string of the molecule is CCc1ccc(NC(=O)c2cnn3c2NC(C(=O)O)=C[C@H]3c2ccccc2F)cc1. The molecule has 1 aromatic heterocycles. The van der Waals surface area contributed by atoms with Gasteiger partial charge in [-0.2, -0.15) is 5.10 Å². The van der Waals surface area contributed by atoms with E-state index in [1.54, 1.807) is 30.3 Å². The summed E-state index contributed by atoms with van der Waals surface area (Å²) in [5.74, 6) is -1.98. The minimum absolute atomic E-state index is 0.155. The number of aliphatic carboxylic acids is 1. The van der Waals surface area contributed by atoms with Crippen LogP contribution in [0.3, 0.4) is 0 Å². The Labute approximate surface area is 171 Å². The molecule has 3 aromatic rings. The summed E-state index contributed by atoms with van der Waals surface area (Å²) in [6, 6.07) is 12.7. The van der Waals surface area contributed by atoms with Gasteiger partial charge in [0, 0.05) is 11.3 Å². The fourth-order valence-corrected chi connectivity index (χ4v) is 3.35. The highest BCUT2D eigenvalue weighted by Crippen LogP contribution is 2.33. The lowest BCUT2D eigenvalue weighted by Crippen LogP contribution is -2.26. The van der Waals surface area contributed by atoms with E-state index in [0.717, 1.165) is 12.0 Å². The van der Waals surface area contributed by atoms with Crippen molar-refractivity contribution in [1.82, 2.24) is 9.78 Å². The van der Waals surface area contributed by atoms with Gasteiger partial charge in [-0.05, 0) is 36.3 Å². The molecule has 7 nitrogen and oxygen atoms in total. The van der Waals surface area contributed by atoms with Gasteiger partial charge in [-0.1, -0.05) is 37.3 Å². The number of nitrogens with zero attached hydrogens (tertiary/aromatic N) is 2. The van der Waals surface area contributed by atoms with Gasteiger partial charge in [0.25, 0.3) is 5.91 Å². The van der Waals surface area contributed by atoms with Crippen molar-refractivity contribution < 1.29 is 19.1 Å². The maximum atomic E-state index is 14.4. The van der Waals surface area contributed by atoms with E-state index in [4.69, 9.17) is 0 Å². The topological polar surface area (TPSA) is 96.3 Å². The summed E-state index contributed by atoms with van der Waals surface area (Å²) >= 11 is 0. The van der Waals surface area contributed by atoms with Gasteiger partial charge in [-0.15, -0.1) is 0 Å². The molecule has 2 heterocycles. The van der Waals surface area contributed by atoms with Gasteiger partial charge < -0.3 is 15.7 Å². The fraction of sp³-hybridized carbons (Fsp3) is 0.136. The number of amides is 1. The molecule has 8 heteroatoms. The Hall–Kier alpha value is -3.94. The fourth-order valence-electron chi connectivity index (χ4n) is 3.35. The number of nitrogens with one attached hydrogen (secondary N) is 2. The number of allylic oxidation sites excluding steroid dienone is 1. The van der Waals surface area contributed by atoms with E-state index >= 15 is 0 Å². The second-order valence-electron chi connectivity index (χ2n) is 6.83. The molecule has 0 saturated carbocycles. The summed E-state index contributed by atoms with van der Waals surface area (Å²) in [6.07, 6.45) is 3.59. The van der Waals surface area contributed by atoms with Gasteiger partial charge in [-0.25, -0.2) is 13.9 Å². The molecule has 0 unspecified atom stereocenters. The van der Waals surface area contributed by atoms with Gasteiger partial charge in [0.05, 0.1) is 6.20 Å². The van der Waals surface area contributed by atoms with Crippen LogP contribution in [0, 0.1) is 5.82 Å². The van der Waals surface area contributed by atoms with Crippen LogP contribution in [0.25, 0.3) is 0 Å². The standard InChI is InChI=1S/C22H19FN4O3/c1-2-13-7-9-14(10-8-13)25-21(28)16-12-24-27-19(15-5-3-4-6-17(15)23)11-18(22(29)30)26-20(16)27/h3-12,19,26H,2H2,1H3,(H,25,28)(H,29,30)/t19-/m0/s1. The summed E-state index contributed by atoms with van der Waals surface area (Å²) in [4.78, 5) is 24.5. The number of carbonyl (C=O) groups excluding carboxylic acids is 1. The number of aryl methyl sites for hydroxylation is 1. The Morgan fingerprint density at radius 2 is 1.93 bits per heavy atom. The molecule has 0 radical (unpaired) electrons. The number of carboxylic acid groups (broad SMARTS) is 1. The molecule has 1 aliphatic heterocycles. The summed E-state index contributed by atoms with van der Waals surface area (Å²) in [7, 11) is 0. The molecule has 152 valence electrons. The molecule has 1 atom stereocenters. The van der Waals surface area contributed by atoms with E-state index in [9.17, 15) is 19.1 Å². The minimum Gasteiger partial charge on any atom is -0.477 e. The molecular weight excluding hydrogens is 387 g/mol. The van der Waals surface area contributed by atoms with E-state index in [0.29, 0.717) is 5.69 Å². The third-order valence-electron chi connectivity index (χ3n) is 4.96. The number of carboxylic acids is 1. The van der Waals surface area contributed by atoms with Crippen LogP contribution >= 0.6 is 0 Å². The van der Waals surface area contributed by atoms with Crippen LogP contribution < -0.4 is 10.6 Å². The molecule has 0 spiro atoms. The van der Waals surface area contributed by atoms with Crippen LogP contribution in [-0.4, -0.2) is 26.8 Å². The van der Waals surface area contributed by atoms with Crippen molar-refractivity contribution in [3.05, 3.63) is 89.0 Å². The second-order valence-corrected chi connectivity index (χ2v) is 6.83. The van der Waals surface area contributed by atoms with Crippen LogP contribution in [0.1, 0.15) is 34.5 Å². The molecule has 1 aliphatic rings. The first-order chi connectivity index (χ1) is 14.5. The van der Waals surface area contributed by atoms with Crippen LogP contribution in [0.4, 0.5) is 15.9 Å². The third-order valence-corrected chi connectivity index (χ3v) is 4.96. The van der Waals surface area contributed by atoms with Crippen molar-refractivity contribution in [2.24, 2.45) is 0 Å². The monoisotopic (exact) mass is 406 g/mol. The van der Waals surface area contributed by atoms with Gasteiger partial charge in [0.15, 0.2) is 0 Å². The maximum Gasteiger partial charge on any atom is 0.352 e. The number of aromatic nitrogens is 2. The zero-order valence-corrected chi connectivity index (χ0v) is 16.1. The molecular formula is C22H19FN4O3. The summed E-state index contributed by atoms with van der Waals surface area (Å²) in [5, 5.41) is 19.2. The third kappa shape index (κ3) is 3.55. The first kappa shape index (κ1) is 19.4. The predicted octanol–water partition coefficient (Wildman–Crippen LogP) is 3.82. The summed E-state index contributed by atoms with van der Waals surface area (Å²) in [5.41, 5.74) is 2.00. The molecule has 0 bridgehead atoms. The molecule has 1 amide bonds. The lowest BCUT2D eigenvalue weighted by atomic mass is 10.0. The van der Waals surface area contributed by atoms with Crippen molar-refractivity contribution in [2.75, 3.05) is 10.6 Å². The highest BCUT2D eigenvalue weighted by Gasteiger charge is 2.30. The van der Waals surface area contributed by atoms with Crippen molar-refractivity contribution in [3.63, 3.8) is 0 Å². The molecule has 3 N–H and O–H groups in total. The Kier molecular flexibility index (Phi) is 5.05. The largest absolute Gasteiger partial charge is 0.477 e. The van der Waals surface area contributed by atoms with Crippen molar-refractivity contribution in [2.45, 2.75) is 19.4 Å². The number of carbonyl (C=O) groups is 2. The Bertz CT molecular complexity index is 1150. The average Bonchev–Trinajstić information content (AvgIpc) is 3.18. The van der Waals surface area contributed by atoms with Crippen LogP contribution in [0.5, 0.6) is 0 Å². The number of hydrogen-bond acceptors (Lipinski definition) is 4. The van der Waals surface area contributed by atoms with Gasteiger partial charge in [0.2, 0.25) is 0 Å². The number of anilines is 2. The first-order valence-electron chi connectivity index (χ1n) is 9.42.